The second kappa shape index (κ2) is 9.80. The van der Waals surface area contributed by atoms with E-state index in [1.54, 1.807) is 43.3 Å². The summed E-state index contributed by atoms with van der Waals surface area (Å²) in [6.07, 6.45) is 4.00. The third-order valence-electron chi connectivity index (χ3n) is 8.98. The van der Waals surface area contributed by atoms with Gasteiger partial charge >= 0.3 is 0 Å². The number of amides is 2. The molecule has 0 radical (unpaired) electrons. The summed E-state index contributed by atoms with van der Waals surface area (Å²) in [4.78, 5) is 55.8. The van der Waals surface area contributed by atoms with Crippen LogP contribution in [0, 0.1) is 17.8 Å². The smallest absolute Gasteiger partial charge is 0.238 e. The van der Waals surface area contributed by atoms with Crippen LogP contribution in [0.4, 0.5) is 17.1 Å². The molecule has 1 saturated heterocycles. The molecule has 3 aliphatic carbocycles. The van der Waals surface area contributed by atoms with Gasteiger partial charge in [-0.1, -0.05) is 42.0 Å². The highest BCUT2D eigenvalue weighted by Gasteiger charge is 2.56. The van der Waals surface area contributed by atoms with E-state index in [9.17, 15) is 24.3 Å². The summed E-state index contributed by atoms with van der Waals surface area (Å²) in [7, 11) is 0. The fourth-order valence-electron chi connectivity index (χ4n) is 7.06. The predicted molar refractivity (Wildman–Crippen MR) is 158 cm³/mol. The standard InChI is InChI=1S/C35H28N2O5/c1-19-17-29(39)32-28(33(19)40)18-27-25(30(32)20-7-13-24(38)14-8-20)15-16-26-31(27)35(42)37(34(26)41)23-11-9-22(10-12-23)36-21-5-3-2-4-6-21/h2-15,17,26-27,30-31,36,38H,16,18H2,1H3/t26-,27+,30-,31-/m0/s1. The zero-order valence-electron chi connectivity index (χ0n) is 22.9. The van der Waals surface area contributed by atoms with Crippen molar-refractivity contribution in [3.05, 3.63) is 119 Å². The van der Waals surface area contributed by atoms with Gasteiger partial charge in [0.25, 0.3) is 0 Å². The maximum Gasteiger partial charge on any atom is 0.238 e. The van der Waals surface area contributed by atoms with E-state index in [2.05, 4.69) is 5.32 Å². The average molecular weight is 557 g/mol. The van der Waals surface area contributed by atoms with Gasteiger partial charge in [-0.3, -0.25) is 24.1 Å². The lowest BCUT2D eigenvalue weighted by Crippen LogP contribution is -2.39. The highest BCUT2D eigenvalue weighted by atomic mass is 16.3. The van der Waals surface area contributed by atoms with Gasteiger partial charge in [0.2, 0.25) is 11.8 Å². The van der Waals surface area contributed by atoms with E-state index in [-0.39, 0.29) is 35.6 Å². The molecule has 1 aliphatic heterocycles. The van der Waals surface area contributed by atoms with Crippen LogP contribution < -0.4 is 10.2 Å². The number of benzene rings is 3. The van der Waals surface area contributed by atoms with Gasteiger partial charge in [0.1, 0.15) is 5.75 Å². The molecule has 1 fully saturated rings. The van der Waals surface area contributed by atoms with E-state index in [1.165, 1.54) is 11.0 Å². The number of nitrogens with zero attached hydrogens (tertiary/aromatic N) is 1. The van der Waals surface area contributed by atoms with Crippen molar-refractivity contribution in [3.8, 4) is 5.75 Å². The average Bonchev–Trinajstić information content (AvgIpc) is 3.26. The molecule has 0 spiro atoms. The number of carbonyl (C=O) groups is 4. The van der Waals surface area contributed by atoms with Gasteiger partial charge in [0.15, 0.2) is 11.6 Å². The van der Waals surface area contributed by atoms with Crippen LogP contribution in [0.1, 0.15) is 31.2 Å². The van der Waals surface area contributed by atoms with Crippen molar-refractivity contribution in [1.82, 2.24) is 0 Å². The van der Waals surface area contributed by atoms with E-state index in [0.29, 0.717) is 28.8 Å². The van der Waals surface area contributed by atoms with Crippen molar-refractivity contribution < 1.29 is 24.3 Å². The Labute approximate surface area is 242 Å². The molecule has 7 heteroatoms. The molecule has 0 saturated carbocycles. The number of rotatable bonds is 4. The number of nitrogens with one attached hydrogen (secondary N) is 1. The van der Waals surface area contributed by atoms with Crippen LogP contribution in [-0.2, 0) is 19.2 Å². The first kappa shape index (κ1) is 25.9. The minimum Gasteiger partial charge on any atom is -0.508 e. The molecule has 4 atom stereocenters. The molecule has 42 heavy (non-hydrogen) atoms. The summed E-state index contributed by atoms with van der Waals surface area (Å²) in [5.74, 6) is -2.93. The number of anilines is 3. The highest BCUT2D eigenvalue weighted by molar-refractivity contribution is 6.25. The van der Waals surface area contributed by atoms with Gasteiger partial charge in [-0.2, -0.15) is 0 Å². The maximum absolute atomic E-state index is 14.1. The first-order valence-electron chi connectivity index (χ1n) is 14.1. The van der Waals surface area contributed by atoms with Gasteiger partial charge in [0, 0.05) is 34.0 Å². The third-order valence-corrected chi connectivity index (χ3v) is 8.98. The lowest BCUT2D eigenvalue weighted by Gasteiger charge is -2.42. The van der Waals surface area contributed by atoms with Crippen molar-refractivity contribution in [2.75, 3.05) is 10.2 Å². The van der Waals surface area contributed by atoms with Gasteiger partial charge in [0.05, 0.1) is 17.5 Å². The fraction of sp³-hybridized carbons (Fsp3) is 0.200. The number of ketones is 2. The summed E-state index contributed by atoms with van der Waals surface area (Å²) in [6.45, 7) is 1.64. The Morgan fingerprint density at radius 1 is 0.810 bits per heavy atom. The normalized spacial score (nSPS) is 25.0. The van der Waals surface area contributed by atoms with Crippen molar-refractivity contribution in [3.63, 3.8) is 0 Å². The number of fused-ring (bicyclic) bond motifs is 3. The fourth-order valence-corrected chi connectivity index (χ4v) is 7.06. The molecule has 3 aromatic carbocycles. The lowest BCUT2D eigenvalue weighted by atomic mass is 9.59. The highest BCUT2D eigenvalue weighted by Crippen LogP contribution is 2.55. The second-order valence-electron chi connectivity index (χ2n) is 11.4. The Balaban J connectivity index is 1.24. The Morgan fingerprint density at radius 3 is 2.21 bits per heavy atom. The van der Waals surface area contributed by atoms with Crippen LogP contribution in [-0.4, -0.2) is 28.5 Å². The number of hydrogen-bond donors (Lipinski definition) is 2. The molecule has 0 unspecified atom stereocenters. The van der Waals surface area contributed by atoms with Crippen molar-refractivity contribution in [2.45, 2.75) is 25.7 Å². The van der Waals surface area contributed by atoms with Crippen LogP contribution in [0.15, 0.2) is 113 Å². The quantitative estimate of drug-likeness (QED) is 0.240. The molecule has 0 aromatic heterocycles. The summed E-state index contributed by atoms with van der Waals surface area (Å²) >= 11 is 0. The Bertz CT molecular complexity index is 1750. The van der Waals surface area contributed by atoms with Crippen molar-refractivity contribution in [1.29, 1.82) is 0 Å². The second-order valence-corrected chi connectivity index (χ2v) is 11.4. The van der Waals surface area contributed by atoms with Gasteiger partial charge in [-0.25, -0.2) is 0 Å². The Kier molecular flexibility index (Phi) is 6.04. The number of carbonyl (C=O) groups excluding carboxylic acids is 4. The van der Waals surface area contributed by atoms with Crippen LogP contribution in [0.25, 0.3) is 0 Å². The molecule has 2 N–H and O–H groups in total. The van der Waals surface area contributed by atoms with E-state index < -0.39 is 23.7 Å². The first-order chi connectivity index (χ1) is 20.3. The topological polar surface area (TPSA) is 104 Å². The zero-order valence-corrected chi connectivity index (χ0v) is 22.9. The SMILES string of the molecule is CC1=CC(=O)C2=C(C[C@@H]3C(=CC[C@@H]4C(=O)N(c5ccc(Nc6ccccc6)cc5)C(=O)[C@@H]43)[C@@H]2c2ccc(O)cc2)C1=O. The minimum atomic E-state index is -0.637. The van der Waals surface area contributed by atoms with Crippen LogP contribution in [0.5, 0.6) is 5.75 Å². The summed E-state index contributed by atoms with van der Waals surface area (Å²) in [5, 5.41) is 13.2. The summed E-state index contributed by atoms with van der Waals surface area (Å²) in [5.41, 5.74) is 5.16. The third kappa shape index (κ3) is 4.04. The van der Waals surface area contributed by atoms with Gasteiger partial charge in [-0.15, -0.1) is 0 Å². The van der Waals surface area contributed by atoms with E-state index in [1.807, 2.05) is 48.5 Å². The molecule has 2 amide bonds. The Morgan fingerprint density at radius 2 is 1.50 bits per heavy atom. The van der Waals surface area contributed by atoms with Crippen LogP contribution in [0.3, 0.4) is 0 Å². The molecular weight excluding hydrogens is 528 g/mol. The monoisotopic (exact) mass is 556 g/mol. The number of imide groups is 1. The molecule has 3 aromatic rings. The molecule has 7 rings (SSSR count). The van der Waals surface area contributed by atoms with E-state index in [0.717, 1.165) is 22.5 Å². The van der Waals surface area contributed by atoms with E-state index in [4.69, 9.17) is 0 Å². The lowest BCUT2D eigenvalue weighted by molar-refractivity contribution is -0.123. The molecule has 4 aliphatic rings. The van der Waals surface area contributed by atoms with Gasteiger partial charge in [-0.05, 0) is 85.9 Å². The predicted octanol–water partition coefficient (Wildman–Crippen LogP) is 5.77. The van der Waals surface area contributed by atoms with Gasteiger partial charge < -0.3 is 10.4 Å². The first-order valence-corrected chi connectivity index (χ1v) is 14.1. The molecular formula is C35H28N2O5. The number of aromatic hydroxyl groups is 1. The molecule has 0 bridgehead atoms. The van der Waals surface area contributed by atoms with Crippen molar-refractivity contribution in [2.24, 2.45) is 17.8 Å². The number of allylic oxidation sites excluding steroid dienone is 6. The number of phenols is 1. The van der Waals surface area contributed by atoms with E-state index >= 15 is 0 Å². The van der Waals surface area contributed by atoms with Crippen LogP contribution in [0.2, 0.25) is 0 Å². The van der Waals surface area contributed by atoms with Crippen LogP contribution >= 0.6 is 0 Å². The maximum atomic E-state index is 14.1. The zero-order chi connectivity index (χ0) is 29.1. The minimum absolute atomic E-state index is 0.0944. The largest absolute Gasteiger partial charge is 0.508 e. The number of Topliss-reactive ketones (excluding diaryl/α,β-unsaturated/α-hetero) is 1. The molecule has 7 nitrogen and oxygen atoms in total. The number of phenolic OH excluding ortho intramolecular Hbond substituents is 1. The Hall–Kier alpha value is -5.04. The summed E-state index contributed by atoms with van der Waals surface area (Å²) < 4.78 is 0. The number of para-hydroxylation sites is 1. The number of hydrogen-bond acceptors (Lipinski definition) is 6. The van der Waals surface area contributed by atoms with Crippen molar-refractivity contribution >= 4 is 40.4 Å². The summed E-state index contributed by atoms with van der Waals surface area (Å²) in [6, 6.07) is 23.6. The molecule has 208 valence electrons. The molecule has 1 heterocycles.